The molecular weight excluding hydrogens is 432 g/mol. The summed E-state index contributed by atoms with van der Waals surface area (Å²) in [6.07, 6.45) is 0. The number of nitriles is 1. The molecule has 0 spiro atoms. The molecule has 2 aromatic carbocycles. The quantitative estimate of drug-likeness (QED) is 0.237. The van der Waals surface area contributed by atoms with E-state index in [0.29, 0.717) is 21.2 Å². The van der Waals surface area contributed by atoms with Crippen LogP contribution in [0.2, 0.25) is 5.02 Å². The van der Waals surface area contributed by atoms with Gasteiger partial charge in [0, 0.05) is 26.6 Å². The van der Waals surface area contributed by atoms with Crippen molar-refractivity contribution in [2.24, 2.45) is 0 Å². The minimum atomic E-state index is 0.000796. The van der Waals surface area contributed by atoms with Gasteiger partial charge in [-0.15, -0.1) is 11.3 Å². The van der Waals surface area contributed by atoms with Crippen LogP contribution in [0, 0.1) is 11.3 Å². The molecule has 0 atom stereocenters. The third kappa shape index (κ3) is 4.47. The average Bonchev–Trinajstić information content (AvgIpc) is 3.32. The fourth-order valence-corrected chi connectivity index (χ4v) is 4.74. The second-order valence-corrected chi connectivity index (χ2v) is 8.76. The van der Waals surface area contributed by atoms with Crippen LogP contribution in [0.4, 0.5) is 0 Å². The number of hydrogen-bond acceptors (Lipinski definition) is 5. The first-order valence-corrected chi connectivity index (χ1v) is 11.4. The number of rotatable bonds is 6. The number of carbonyl (C=O) groups excluding carboxylic acids is 1. The molecule has 0 aliphatic carbocycles. The van der Waals surface area contributed by atoms with Gasteiger partial charge in [0.25, 0.3) is 0 Å². The highest BCUT2D eigenvalue weighted by atomic mass is 35.5. The molecule has 2 heterocycles. The van der Waals surface area contributed by atoms with Crippen LogP contribution < -0.4 is 0 Å². The van der Waals surface area contributed by atoms with E-state index in [1.54, 1.807) is 23.5 Å². The minimum absolute atomic E-state index is 0.000796. The van der Waals surface area contributed by atoms with Crippen LogP contribution in [0.15, 0.2) is 83.2 Å². The molecule has 0 amide bonds. The third-order valence-electron chi connectivity index (χ3n) is 4.46. The van der Waals surface area contributed by atoms with Crippen LogP contribution in [0.5, 0.6) is 0 Å². The number of benzene rings is 2. The van der Waals surface area contributed by atoms with E-state index in [1.165, 1.54) is 11.8 Å². The molecule has 4 rings (SSSR count). The number of Topliss-reactive ketones (excluding diaryl/α,β-unsaturated/α-hetero) is 1. The lowest BCUT2D eigenvalue weighted by Crippen LogP contribution is -2.03. The maximum atomic E-state index is 12.6. The molecule has 0 N–H and O–H groups in total. The monoisotopic (exact) mass is 446 g/mol. The molecule has 3 nitrogen and oxygen atoms in total. The molecule has 0 fully saturated rings. The predicted octanol–water partition coefficient (Wildman–Crippen LogP) is 6.98. The van der Waals surface area contributed by atoms with Gasteiger partial charge in [0.15, 0.2) is 5.78 Å². The number of nitrogens with zero attached hydrogens (tertiary/aromatic N) is 2. The fraction of sp³-hybridized carbons (Fsp3) is 0.0417. The van der Waals surface area contributed by atoms with Crippen molar-refractivity contribution in [1.29, 1.82) is 5.26 Å². The highest BCUT2D eigenvalue weighted by molar-refractivity contribution is 8.00. The average molecular weight is 447 g/mol. The molecule has 4 aromatic rings. The van der Waals surface area contributed by atoms with Gasteiger partial charge in [0.1, 0.15) is 11.1 Å². The number of hydrogen-bond donors (Lipinski definition) is 0. The third-order valence-corrected chi connectivity index (χ3v) is 6.59. The summed E-state index contributed by atoms with van der Waals surface area (Å²) >= 11 is 8.89. The van der Waals surface area contributed by atoms with E-state index >= 15 is 0 Å². The van der Waals surface area contributed by atoms with Crippen molar-refractivity contribution in [1.82, 2.24) is 4.98 Å². The summed E-state index contributed by atoms with van der Waals surface area (Å²) in [6.45, 7) is 0. The Balaban J connectivity index is 1.75. The Bertz CT molecular complexity index is 1210. The van der Waals surface area contributed by atoms with Crippen molar-refractivity contribution in [3.05, 3.63) is 94.3 Å². The molecule has 146 valence electrons. The normalized spacial score (nSPS) is 10.5. The first kappa shape index (κ1) is 20.4. The van der Waals surface area contributed by atoms with Crippen LogP contribution in [0.3, 0.4) is 0 Å². The molecule has 0 bridgehead atoms. The molecule has 30 heavy (non-hydrogen) atoms. The molecule has 0 aliphatic heterocycles. The van der Waals surface area contributed by atoms with Crippen LogP contribution in [0.25, 0.3) is 21.7 Å². The molecule has 6 heteroatoms. The first-order chi connectivity index (χ1) is 14.7. The van der Waals surface area contributed by atoms with Crippen molar-refractivity contribution in [2.75, 3.05) is 5.75 Å². The molecular formula is C24H15ClN2OS2. The first-order valence-electron chi connectivity index (χ1n) is 9.11. The lowest BCUT2D eigenvalue weighted by Gasteiger charge is -2.11. The highest BCUT2D eigenvalue weighted by Crippen LogP contribution is 2.36. The summed E-state index contributed by atoms with van der Waals surface area (Å²) in [5.74, 6) is 0.209. The largest absolute Gasteiger partial charge is 0.293 e. The van der Waals surface area contributed by atoms with Crippen molar-refractivity contribution in [3.63, 3.8) is 0 Å². The highest BCUT2D eigenvalue weighted by Gasteiger charge is 2.18. The maximum absolute atomic E-state index is 12.6. The zero-order valence-electron chi connectivity index (χ0n) is 15.7. The van der Waals surface area contributed by atoms with E-state index < -0.39 is 0 Å². The van der Waals surface area contributed by atoms with Gasteiger partial charge in [-0.05, 0) is 29.6 Å². The number of thiophene rings is 1. The van der Waals surface area contributed by atoms with Crippen LogP contribution in [-0.2, 0) is 0 Å². The van der Waals surface area contributed by atoms with E-state index in [-0.39, 0.29) is 11.5 Å². The Morgan fingerprint density at radius 2 is 1.83 bits per heavy atom. The van der Waals surface area contributed by atoms with E-state index in [2.05, 4.69) is 6.07 Å². The van der Waals surface area contributed by atoms with Gasteiger partial charge < -0.3 is 0 Å². The molecule has 0 radical (unpaired) electrons. The summed E-state index contributed by atoms with van der Waals surface area (Å²) in [4.78, 5) is 18.3. The van der Waals surface area contributed by atoms with E-state index in [1.807, 2.05) is 66.0 Å². The molecule has 2 aromatic heterocycles. The maximum Gasteiger partial charge on any atom is 0.173 e. The van der Waals surface area contributed by atoms with Gasteiger partial charge >= 0.3 is 0 Å². The topological polar surface area (TPSA) is 53.8 Å². The number of thioether (sulfide) groups is 1. The summed E-state index contributed by atoms with van der Waals surface area (Å²) in [7, 11) is 0. The van der Waals surface area contributed by atoms with E-state index in [0.717, 1.165) is 21.7 Å². The molecule has 0 saturated carbocycles. The summed E-state index contributed by atoms with van der Waals surface area (Å²) in [6, 6.07) is 24.7. The van der Waals surface area contributed by atoms with Gasteiger partial charge in [0.2, 0.25) is 0 Å². The van der Waals surface area contributed by atoms with Crippen LogP contribution >= 0.6 is 34.7 Å². The zero-order chi connectivity index (χ0) is 20.9. The number of aromatic nitrogens is 1. The summed E-state index contributed by atoms with van der Waals surface area (Å²) < 4.78 is 0. The lowest BCUT2D eigenvalue weighted by atomic mass is 10.0. The van der Waals surface area contributed by atoms with Gasteiger partial charge in [-0.1, -0.05) is 71.9 Å². The van der Waals surface area contributed by atoms with Crippen LogP contribution in [0.1, 0.15) is 15.9 Å². The smallest absolute Gasteiger partial charge is 0.173 e. The van der Waals surface area contributed by atoms with Crippen molar-refractivity contribution in [3.8, 4) is 27.8 Å². The Labute approximate surface area is 188 Å². The minimum Gasteiger partial charge on any atom is -0.293 e. The second kappa shape index (κ2) is 9.27. The molecule has 0 unspecified atom stereocenters. The van der Waals surface area contributed by atoms with Crippen LogP contribution in [-0.4, -0.2) is 16.5 Å². The van der Waals surface area contributed by atoms with Crippen molar-refractivity contribution >= 4 is 40.5 Å². The van der Waals surface area contributed by atoms with E-state index in [4.69, 9.17) is 16.6 Å². The Morgan fingerprint density at radius 3 is 2.50 bits per heavy atom. The lowest BCUT2D eigenvalue weighted by molar-refractivity contribution is 0.102. The van der Waals surface area contributed by atoms with Crippen molar-refractivity contribution < 1.29 is 4.79 Å². The van der Waals surface area contributed by atoms with Gasteiger partial charge in [-0.2, -0.15) is 5.26 Å². The Hall–Kier alpha value is -2.91. The van der Waals surface area contributed by atoms with Gasteiger partial charge in [0.05, 0.1) is 17.0 Å². The number of pyridine rings is 1. The number of halogens is 1. The summed E-state index contributed by atoms with van der Waals surface area (Å²) in [5.41, 5.74) is 3.60. The summed E-state index contributed by atoms with van der Waals surface area (Å²) in [5, 5.41) is 13.1. The second-order valence-electron chi connectivity index (χ2n) is 6.41. The van der Waals surface area contributed by atoms with Crippen molar-refractivity contribution in [2.45, 2.75) is 5.03 Å². The Kier molecular flexibility index (Phi) is 6.29. The zero-order valence-corrected chi connectivity index (χ0v) is 18.1. The predicted molar refractivity (Wildman–Crippen MR) is 124 cm³/mol. The number of carbonyl (C=O) groups is 1. The van der Waals surface area contributed by atoms with E-state index in [9.17, 15) is 10.1 Å². The standard InChI is InChI=1S/C24H15ClN2OS2/c25-18-10-8-16(9-11-18)21-13-19(23-7-4-12-29-23)20(14-26)24(27-21)30-15-22(28)17-5-2-1-3-6-17/h1-13H,15H2. The molecule has 0 saturated heterocycles. The molecule has 0 aliphatic rings. The van der Waals surface area contributed by atoms with Gasteiger partial charge in [-0.3, -0.25) is 4.79 Å². The fourth-order valence-electron chi connectivity index (χ4n) is 2.97. The number of ketones is 1. The Morgan fingerprint density at radius 1 is 1.07 bits per heavy atom. The van der Waals surface area contributed by atoms with Gasteiger partial charge in [-0.25, -0.2) is 4.98 Å². The SMILES string of the molecule is N#Cc1c(-c2cccs2)cc(-c2ccc(Cl)cc2)nc1SCC(=O)c1ccccc1.